The Morgan fingerprint density at radius 1 is 1.35 bits per heavy atom. The molecule has 0 aromatic carbocycles. The Hall–Kier alpha value is -1.65. The monoisotopic (exact) mass is 238 g/mol. The number of nitrogens with zero attached hydrogens (tertiary/aromatic N) is 2. The molecule has 0 bridgehead atoms. The second-order valence-electron chi connectivity index (χ2n) is 4.68. The molecule has 94 valence electrons. The minimum absolute atomic E-state index is 0.0358. The van der Waals surface area contributed by atoms with Crippen LogP contribution in [0.4, 0.5) is 0 Å². The molecule has 17 heavy (non-hydrogen) atoms. The topological polar surface area (TPSA) is 72.2 Å². The van der Waals surface area contributed by atoms with Crippen LogP contribution in [0, 0.1) is 0 Å². The summed E-state index contributed by atoms with van der Waals surface area (Å²) in [6, 6.07) is 0. The number of aromatic nitrogens is 2. The molecule has 1 rings (SSSR count). The van der Waals surface area contributed by atoms with Crippen molar-refractivity contribution >= 4 is 5.97 Å². The zero-order valence-corrected chi connectivity index (χ0v) is 10.6. The summed E-state index contributed by atoms with van der Waals surface area (Å²) in [4.78, 5) is 27.0. The maximum Gasteiger partial charge on any atom is 0.323 e. The standard InChI is InChI=1S/C12H18N2O3/c1-7(2)10-11(8(3)4)13-6-14(12(10)17)5-9(15)16/h6-8H,5H2,1-4H3,(H,15,16). The molecule has 5 heteroatoms. The molecule has 0 fully saturated rings. The molecule has 0 radical (unpaired) electrons. The highest BCUT2D eigenvalue weighted by atomic mass is 16.4. The number of hydrogen-bond acceptors (Lipinski definition) is 3. The third-order valence-corrected chi connectivity index (χ3v) is 2.53. The molecule has 0 spiro atoms. The van der Waals surface area contributed by atoms with E-state index in [1.165, 1.54) is 6.33 Å². The van der Waals surface area contributed by atoms with Gasteiger partial charge in [-0.25, -0.2) is 4.98 Å². The molecule has 5 nitrogen and oxygen atoms in total. The second-order valence-corrected chi connectivity index (χ2v) is 4.68. The van der Waals surface area contributed by atoms with Crippen LogP contribution in [-0.4, -0.2) is 20.6 Å². The fraction of sp³-hybridized carbons (Fsp3) is 0.583. The molecule has 0 atom stereocenters. The first-order valence-electron chi connectivity index (χ1n) is 5.65. The van der Waals surface area contributed by atoms with E-state index in [9.17, 15) is 9.59 Å². The maximum atomic E-state index is 12.1. The molecule has 1 aromatic rings. The Balaban J connectivity index is 3.39. The summed E-state index contributed by atoms with van der Waals surface area (Å²) in [5, 5.41) is 8.71. The quantitative estimate of drug-likeness (QED) is 0.864. The minimum atomic E-state index is -1.04. The lowest BCUT2D eigenvalue weighted by molar-refractivity contribution is -0.137. The lowest BCUT2D eigenvalue weighted by Gasteiger charge is -2.15. The van der Waals surface area contributed by atoms with Crippen LogP contribution in [0.5, 0.6) is 0 Å². The van der Waals surface area contributed by atoms with Crippen LogP contribution >= 0.6 is 0 Å². The summed E-state index contributed by atoms with van der Waals surface area (Å²) < 4.78 is 1.14. The van der Waals surface area contributed by atoms with Crippen molar-refractivity contribution in [3.05, 3.63) is 27.9 Å². The Labute approximate surface area is 100 Å². The fourth-order valence-electron chi connectivity index (χ4n) is 1.78. The summed E-state index contributed by atoms with van der Waals surface area (Å²) in [6.07, 6.45) is 1.32. The largest absolute Gasteiger partial charge is 0.480 e. The highest BCUT2D eigenvalue weighted by molar-refractivity contribution is 5.66. The highest BCUT2D eigenvalue weighted by Crippen LogP contribution is 2.20. The van der Waals surface area contributed by atoms with Crippen molar-refractivity contribution in [2.75, 3.05) is 0 Å². The van der Waals surface area contributed by atoms with Crippen LogP contribution in [0.15, 0.2) is 11.1 Å². The van der Waals surface area contributed by atoms with Crippen LogP contribution < -0.4 is 5.56 Å². The average Bonchev–Trinajstić information content (AvgIpc) is 2.19. The van der Waals surface area contributed by atoms with E-state index < -0.39 is 5.97 Å². The van der Waals surface area contributed by atoms with E-state index in [-0.39, 0.29) is 23.9 Å². The molecule has 0 amide bonds. The van der Waals surface area contributed by atoms with Crippen LogP contribution in [0.2, 0.25) is 0 Å². The van der Waals surface area contributed by atoms with Gasteiger partial charge in [-0.3, -0.25) is 14.2 Å². The molecule has 0 saturated carbocycles. The minimum Gasteiger partial charge on any atom is -0.480 e. The predicted octanol–water partition coefficient (Wildman–Crippen LogP) is 1.57. The van der Waals surface area contributed by atoms with Crippen LogP contribution in [0.3, 0.4) is 0 Å². The van der Waals surface area contributed by atoms with Gasteiger partial charge in [-0.15, -0.1) is 0 Å². The highest BCUT2D eigenvalue weighted by Gasteiger charge is 2.17. The van der Waals surface area contributed by atoms with Gasteiger partial charge >= 0.3 is 5.97 Å². The van der Waals surface area contributed by atoms with Gasteiger partial charge in [-0.1, -0.05) is 27.7 Å². The molecule has 0 saturated heterocycles. The lowest BCUT2D eigenvalue weighted by atomic mass is 9.96. The van der Waals surface area contributed by atoms with E-state index in [1.54, 1.807) is 0 Å². The molecular weight excluding hydrogens is 220 g/mol. The van der Waals surface area contributed by atoms with Crippen LogP contribution in [0.25, 0.3) is 0 Å². The summed E-state index contributed by atoms with van der Waals surface area (Å²) in [5.41, 5.74) is 1.12. The number of hydrogen-bond donors (Lipinski definition) is 1. The van der Waals surface area contributed by atoms with Gasteiger partial charge in [0.2, 0.25) is 0 Å². The van der Waals surface area contributed by atoms with Gasteiger partial charge in [0.15, 0.2) is 0 Å². The molecule has 0 aliphatic heterocycles. The van der Waals surface area contributed by atoms with Crippen LogP contribution in [-0.2, 0) is 11.3 Å². The second kappa shape index (κ2) is 5.12. The van der Waals surface area contributed by atoms with E-state index in [2.05, 4.69) is 4.98 Å². The van der Waals surface area contributed by atoms with Crippen molar-refractivity contribution < 1.29 is 9.90 Å². The van der Waals surface area contributed by atoms with Crippen molar-refractivity contribution in [3.63, 3.8) is 0 Å². The van der Waals surface area contributed by atoms with E-state index in [1.807, 2.05) is 27.7 Å². The van der Waals surface area contributed by atoms with Gasteiger partial charge in [0.25, 0.3) is 5.56 Å². The van der Waals surface area contributed by atoms with Crippen molar-refractivity contribution in [3.8, 4) is 0 Å². The van der Waals surface area contributed by atoms with Crippen molar-refractivity contribution in [1.82, 2.24) is 9.55 Å². The Morgan fingerprint density at radius 3 is 2.35 bits per heavy atom. The summed E-state index contributed by atoms with van der Waals surface area (Å²) in [7, 11) is 0. The van der Waals surface area contributed by atoms with Gasteiger partial charge in [0.1, 0.15) is 6.54 Å². The number of carboxylic acid groups (broad SMARTS) is 1. The Bertz CT molecular complexity index is 475. The van der Waals surface area contributed by atoms with E-state index in [0.717, 1.165) is 10.3 Å². The first-order valence-corrected chi connectivity index (χ1v) is 5.65. The SMILES string of the molecule is CC(C)c1ncn(CC(=O)O)c(=O)c1C(C)C. The molecule has 0 aliphatic rings. The molecule has 0 aliphatic carbocycles. The molecule has 0 unspecified atom stereocenters. The number of carboxylic acids is 1. The van der Waals surface area contributed by atoms with Crippen molar-refractivity contribution in [2.24, 2.45) is 0 Å². The first-order chi connectivity index (χ1) is 7.84. The van der Waals surface area contributed by atoms with Crippen molar-refractivity contribution in [2.45, 2.75) is 46.1 Å². The summed E-state index contributed by atoms with van der Waals surface area (Å²) in [5.74, 6) is -0.853. The molecular formula is C12H18N2O3. The zero-order chi connectivity index (χ0) is 13.2. The molecule has 1 N–H and O–H groups in total. The van der Waals surface area contributed by atoms with Crippen molar-refractivity contribution in [1.29, 1.82) is 0 Å². The lowest BCUT2D eigenvalue weighted by Crippen LogP contribution is -2.29. The average molecular weight is 238 g/mol. The molecule has 1 heterocycles. The first kappa shape index (κ1) is 13.4. The van der Waals surface area contributed by atoms with Gasteiger partial charge in [-0.2, -0.15) is 0 Å². The fourth-order valence-corrected chi connectivity index (χ4v) is 1.78. The van der Waals surface area contributed by atoms with Gasteiger partial charge in [0, 0.05) is 5.56 Å². The summed E-state index contributed by atoms with van der Waals surface area (Å²) >= 11 is 0. The van der Waals surface area contributed by atoms with Gasteiger partial charge < -0.3 is 5.11 Å². The van der Waals surface area contributed by atoms with Crippen LogP contribution in [0.1, 0.15) is 50.8 Å². The number of carbonyl (C=O) groups is 1. The van der Waals surface area contributed by atoms with Gasteiger partial charge in [0.05, 0.1) is 12.0 Å². The number of rotatable bonds is 4. The van der Waals surface area contributed by atoms with E-state index in [0.29, 0.717) is 5.56 Å². The maximum absolute atomic E-state index is 12.1. The van der Waals surface area contributed by atoms with E-state index in [4.69, 9.17) is 5.11 Å². The Kier molecular flexibility index (Phi) is 4.04. The normalized spacial score (nSPS) is 11.2. The third kappa shape index (κ3) is 2.93. The summed E-state index contributed by atoms with van der Waals surface area (Å²) in [6.45, 7) is 7.42. The third-order valence-electron chi connectivity index (χ3n) is 2.53. The van der Waals surface area contributed by atoms with E-state index >= 15 is 0 Å². The predicted molar refractivity (Wildman–Crippen MR) is 64.3 cm³/mol. The smallest absolute Gasteiger partial charge is 0.323 e. The Morgan fingerprint density at radius 2 is 1.94 bits per heavy atom. The number of aliphatic carboxylic acids is 1. The van der Waals surface area contributed by atoms with Gasteiger partial charge in [-0.05, 0) is 11.8 Å². The molecule has 1 aromatic heterocycles. The zero-order valence-electron chi connectivity index (χ0n) is 10.6.